The molecule has 3 rings (SSSR count). The quantitative estimate of drug-likeness (QED) is 0.795. The van der Waals surface area contributed by atoms with Crippen molar-refractivity contribution < 1.29 is 5.11 Å². The summed E-state index contributed by atoms with van der Waals surface area (Å²) in [4.78, 5) is 0. The van der Waals surface area contributed by atoms with Crippen molar-refractivity contribution in [3.8, 4) is 0 Å². The molecule has 0 radical (unpaired) electrons. The third-order valence-electron chi connectivity index (χ3n) is 3.48. The van der Waals surface area contributed by atoms with Gasteiger partial charge in [-0.2, -0.15) is 16.4 Å². The summed E-state index contributed by atoms with van der Waals surface area (Å²) >= 11 is 1.63. The Balaban J connectivity index is 1.96. The van der Waals surface area contributed by atoms with Crippen LogP contribution in [0.3, 0.4) is 0 Å². The van der Waals surface area contributed by atoms with Crippen LogP contribution < -0.4 is 0 Å². The molecule has 0 saturated heterocycles. The van der Waals surface area contributed by atoms with E-state index in [0.29, 0.717) is 6.42 Å². The topological polar surface area (TPSA) is 38.1 Å². The van der Waals surface area contributed by atoms with E-state index in [1.165, 1.54) is 0 Å². The van der Waals surface area contributed by atoms with Gasteiger partial charge < -0.3 is 5.11 Å². The Kier molecular flexibility index (Phi) is 3.12. The first-order valence-electron chi connectivity index (χ1n) is 6.28. The van der Waals surface area contributed by atoms with E-state index in [2.05, 4.69) is 16.5 Å². The fraction of sp³-hybridized carbons (Fsp3) is 0.267. The zero-order valence-electron chi connectivity index (χ0n) is 11.0. The van der Waals surface area contributed by atoms with Gasteiger partial charge in [-0.15, -0.1) is 0 Å². The van der Waals surface area contributed by atoms with Crippen LogP contribution in [0.5, 0.6) is 0 Å². The molecule has 0 aliphatic rings. The summed E-state index contributed by atoms with van der Waals surface area (Å²) < 4.78 is 1.87. The van der Waals surface area contributed by atoms with Crippen molar-refractivity contribution in [3.63, 3.8) is 0 Å². The zero-order chi connectivity index (χ0) is 13.4. The summed E-state index contributed by atoms with van der Waals surface area (Å²) in [6.45, 7) is 2.03. The minimum absolute atomic E-state index is 0.482. The summed E-state index contributed by atoms with van der Waals surface area (Å²) in [5.74, 6) is 0. The van der Waals surface area contributed by atoms with Crippen molar-refractivity contribution in [2.45, 2.75) is 19.4 Å². The molecular formula is C15H16N2OS. The average Bonchev–Trinajstić information content (AvgIpc) is 2.95. The number of nitrogens with zero attached hydrogens (tertiary/aromatic N) is 2. The maximum absolute atomic E-state index is 10.4. The first-order valence-corrected chi connectivity index (χ1v) is 7.22. The van der Waals surface area contributed by atoms with Crippen LogP contribution in [-0.4, -0.2) is 14.9 Å². The van der Waals surface area contributed by atoms with Crippen molar-refractivity contribution in [2.75, 3.05) is 0 Å². The van der Waals surface area contributed by atoms with Crippen LogP contribution in [0.25, 0.3) is 10.9 Å². The first kappa shape index (κ1) is 12.4. The van der Waals surface area contributed by atoms with E-state index in [1.807, 2.05) is 42.2 Å². The number of aryl methyl sites for hydroxylation is 2. The third-order valence-corrected chi connectivity index (χ3v) is 4.35. The van der Waals surface area contributed by atoms with Gasteiger partial charge in [-0.3, -0.25) is 4.68 Å². The number of hydrogen-bond donors (Lipinski definition) is 1. The predicted octanol–water partition coefficient (Wildman–Crippen LogP) is 3.22. The van der Waals surface area contributed by atoms with Crippen molar-refractivity contribution >= 4 is 22.2 Å². The van der Waals surface area contributed by atoms with Gasteiger partial charge in [0, 0.05) is 18.9 Å². The average molecular weight is 272 g/mol. The first-order chi connectivity index (χ1) is 9.16. The molecule has 1 N–H and O–H groups in total. The van der Waals surface area contributed by atoms with Crippen LogP contribution in [0.2, 0.25) is 0 Å². The van der Waals surface area contributed by atoms with Crippen molar-refractivity contribution in [1.29, 1.82) is 0 Å². The molecule has 3 nitrogen and oxygen atoms in total. The summed E-state index contributed by atoms with van der Waals surface area (Å²) in [6.07, 6.45) is 0.0726. The van der Waals surface area contributed by atoms with Gasteiger partial charge in [0.2, 0.25) is 0 Å². The van der Waals surface area contributed by atoms with Gasteiger partial charge in [-0.25, -0.2) is 0 Å². The van der Waals surface area contributed by atoms with Gasteiger partial charge in [0.25, 0.3) is 0 Å². The SMILES string of the molecule is Cc1cscc1C(O)Cc1nn(C)c2ccccc12. The molecule has 0 amide bonds. The van der Waals surface area contributed by atoms with Crippen LogP contribution in [0.1, 0.15) is 22.9 Å². The van der Waals surface area contributed by atoms with Crippen molar-refractivity contribution in [2.24, 2.45) is 7.05 Å². The molecule has 1 atom stereocenters. The Morgan fingerprint density at radius 3 is 2.84 bits per heavy atom. The highest BCUT2D eigenvalue weighted by Gasteiger charge is 2.16. The molecular weight excluding hydrogens is 256 g/mol. The molecule has 4 heteroatoms. The highest BCUT2D eigenvalue weighted by molar-refractivity contribution is 7.08. The molecule has 98 valence electrons. The van der Waals surface area contributed by atoms with Crippen LogP contribution in [0.4, 0.5) is 0 Å². The number of aliphatic hydroxyl groups excluding tert-OH is 1. The minimum atomic E-state index is -0.482. The zero-order valence-corrected chi connectivity index (χ0v) is 11.8. The normalized spacial score (nSPS) is 13.0. The second kappa shape index (κ2) is 4.79. The van der Waals surface area contributed by atoms with E-state index in [1.54, 1.807) is 11.3 Å². The van der Waals surface area contributed by atoms with E-state index >= 15 is 0 Å². The molecule has 2 heterocycles. The summed E-state index contributed by atoms with van der Waals surface area (Å²) in [5.41, 5.74) is 4.22. The fourth-order valence-corrected chi connectivity index (χ4v) is 3.34. The lowest BCUT2D eigenvalue weighted by atomic mass is 10.0. The van der Waals surface area contributed by atoms with E-state index in [4.69, 9.17) is 0 Å². The Morgan fingerprint density at radius 1 is 1.32 bits per heavy atom. The van der Waals surface area contributed by atoms with Crippen LogP contribution >= 0.6 is 11.3 Å². The second-order valence-electron chi connectivity index (χ2n) is 4.82. The number of rotatable bonds is 3. The third kappa shape index (κ3) is 2.17. The molecule has 0 saturated carbocycles. The Hall–Kier alpha value is -1.65. The maximum atomic E-state index is 10.4. The summed E-state index contributed by atoms with van der Waals surface area (Å²) in [5, 5.41) is 20.1. The highest BCUT2D eigenvalue weighted by atomic mass is 32.1. The largest absolute Gasteiger partial charge is 0.388 e. The van der Waals surface area contributed by atoms with Gasteiger partial charge in [0.15, 0.2) is 0 Å². The van der Waals surface area contributed by atoms with E-state index < -0.39 is 6.10 Å². The van der Waals surface area contributed by atoms with Crippen molar-refractivity contribution in [3.05, 3.63) is 51.8 Å². The van der Waals surface area contributed by atoms with Crippen LogP contribution in [-0.2, 0) is 13.5 Å². The molecule has 0 spiro atoms. The highest BCUT2D eigenvalue weighted by Crippen LogP contribution is 2.27. The molecule has 0 bridgehead atoms. The minimum Gasteiger partial charge on any atom is -0.388 e. The monoisotopic (exact) mass is 272 g/mol. The molecule has 1 aromatic carbocycles. The summed E-state index contributed by atoms with van der Waals surface area (Å²) in [7, 11) is 1.94. The Labute approximate surface area is 116 Å². The van der Waals surface area contributed by atoms with Crippen LogP contribution in [0, 0.1) is 6.92 Å². The maximum Gasteiger partial charge on any atom is 0.0856 e. The Morgan fingerprint density at radius 2 is 2.11 bits per heavy atom. The van der Waals surface area contributed by atoms with Gasteiger partial charge in [-0.05, 0) is 34.9 Å². The molecule has 0 fully saturated rings. The number of aromatic nitrogens is 2. The lowest BCUT2D eigenvalue weighted by molar-refractivity contribution is 0.177. The number of fused-ring (bicyclic) bond motifs is 1. The molecule has 19 heavy (non-hydrogen) atoms. The Bertz CT molecular complexity index is 714. The van der Waals surface area contributed by atoms with Crippen molar-refractivity contribution in [1.82, 2.24) is 9.78 Å². The number of para-hydroxylation sites is 1. The second-order valence-corrected chi connectivity index (χ2v) is 5.56. The smallest absolute Gasteiger partial charge is 0.0856 e. The van der Waals surface area contributed by atoms with Gasteiger partial charge in [-0.1, -0.05) is 18.2 Å². The molecule has 0 aliphatic carbocycles. The number of aliphatic hydroxyl groups is 1. The van der Waals surface area contributed by atoms with Gasteiger partial charge in [0.1, 0.15) is 0 Å². The summed E-state index contributed by atoms with van der Waals surface area (Å²) in [6, 6.07) is 8.13. The van der Waals surface area contributed by atoms with E-state index in [-0.39, 0.29) is 0 Å². The fourth-order valence-electron chi connectivity index (χ4n) is 2.44. The van der Waals surface area contributed by atoms with Crippen LogP contribution in [0.15, 0.2) is 35.0 Å². The number of hydrogen-bond acceptors (Lipinski definition) is 3. The molecule has 3 aromatic rings. The molecule has 0 aliphatic heterocycles. The molecule has 2 aromatic heterocycles. The van der Waals surface area contributed by atoms with Gasteiger partial charge in [0.05, 0.1) is 17.3 Å². The standard InChI is InChI=1S/C15H16N2OS/c1-10-8-19-9-12(10)15(18)7-13-11-5-3-4-6-14(11)17(2)16-13/h3-6,8-9,15,18H,7H2,1-2H3. The lowest BCUT2D eigenvalue weighted by Gasteiger charge is -2.08. The van der Waals surface area contributed by atoms with Gasteiger partial charge >= 0.3 is 0 Å². The lowest BCUT2D eigenvalue weighted by Crippen LogP contribution is -2.03. The van der Waals surface area contributed by atoms with E-state index in [0.717, 1.165) is 27.7 Å². The number of thiophene rings is 1. The predicted molar refractivity (Wildman–Crippen MR) is 78.4 cm³/mol. The van der Waals surface area contributed by atoms with E-state index in [9.17, 15) is 5.11 Å². The number of benzene rings is 1. The molecule has 1 unspecified atom stereocenters.